The van der Waals surface area contributed by atoms with Crippen molar-refractivity contribution in [3.63, 3.8) is 0 Å². The van der Waals surface area contributed by atoms with E-state index in [9.17, 15) is 9.90 Å². The molecule has 0 saturated heterocycles. The molecule has 2 heterocycles. The lowest BCUT2D eigenvalue weighted by Crippen LogP contribution is -2.13. The monoisotopic (exact) mass is 316 g/mol. The van der Waals surface area contributed by atoms with E-state index in [4.69, 9.17) is 0 Å². The topological polar surface area (TPSA) is 83.8 Å². The van der Waals surface area contributed by atoms with Crippen molar-refractivity contribution in [1.29, 1.82) is 0 Å². The summed E-state index contributed by atoms with van der Waals surface area (Å²) < 4.78 is 1.83. The van der Waals surface area contributed by atoms with Crippen molar-refractivity contribution in [2.24, 2.45) is 7.05 Å². The number of aromatic amines is 1. The van der Waals surface area contributed by atoms with Gasteiger partial charge >= 0.3 is 0 Å². The minimum atomic E-state index is -0.135. The van der Waals surface area contributed by atoms with Crippen LogP contribution in [0, 0.1) is 0 Å². The number of benzene rings is 1. The highest BCUT2D eigenvalue weighted by molar-refractivity contribution is 7.99. The minimum Gasteiger partial charge on any atom is -0.390 e. The van der Waals surface area contributed by atoms with E-state index in [1.54, 1.807) is 12.3 Å². The van der Waals surface area contributed by atoms with E-state index >= 15 is 0 Å². The molecule has 0 bridgehead atoms. The zero-order chi connectivity index (χ0) is 15.7. The van der Waals surface area contributed by atoms with Crippen molar-refractivity contribution in [3.8, 4) is 0 Å². The van der Waals surface area contributed by atoms with Gasteiger partial charge in [0, 0.05) is 7.05 Å². The van der Waals surface area contributed by atoms with Gasteiger partial charge in [-0.3, -0.25) is 4.79 Å². The van der Waals surface area contributed by atoms with Crippen LogP contribution in [0.2, 0.25) is 0 Å². The van der Waals surface area contributed by atoms with E-state index in [0.717, 1.165) is 10.9 Å². The average molecular weight is 316 g/mol. The maximum Gasteiger partial charge on any atom is 0.258 e. The molecule has 6 nitrogen and oxygen atoms in total. The highest BCUT2D eigenvalue weighted by Gasteiger charge is 2.15. The molecule has 1 atom stereocenters. The summed E-state index contributed by atoms with van der Waals surface area (Å²) >= 11 is 1.48. The normalized spacial score (nSPS) is 12.7. The van der Waals surface area contributed by atoms with Crippen LogP contribution in [0.25, 0.3) is 10.9 Å². The lowest BCUT2D eigenvalue weighted by molar-refractivity contribution is 0.271. The van der Waals surface area contributed by atoms with Crippen molar-refractivity contribution in [2.45, 2.75) is 23.9 Å². The molecule has 0 fully saturated rings. The van der Waals surface area contributed by atoms with E-state index in [1.165, 1.54) is 11.8 Å². The first kappa shape index (κ1) is 14.8. The lowest BCUT2D eigenvalue weighted by Gasteiger charge is -2.11. The zero-order valence-electron chi connectivity index (χ0n) is 12.3. The molecule has 0 aliphatic heterocycles. The predicted octanol–water partition coefficient (Wildman–Crippen LogP) is 2.00. The number of imidazole rings is 1. The van der Waals surface area contributed by atoms with Gasteiger partial charge in [-0.15, -0.1) is 0 Å². The number of nitrogens with one attached hydrogen (secondary N) is 1. The molecule has 22 heavy (non-hydrogen) atoms. The molecule has 0 aliphatic rings. The van der Waals surface area contributed by atoms with E-state index < -0.39 is 0 Å². The molecule has 1 unspecified atom stereocenters. The summed E-state index contributed by atoms with van der Waals surface area (Å²) in [6.07, 6.45) is 1.64. The number of rotatable bonds is 4. The standard InChI is InChI=1S/C15H16N4O2S/c1-9(22-15-16-7-10(8-20)19(15)2)13-17-12-6-4-3-5-11(12)14(21)18-13/h3-7,9,20H,8H2,1-2H3,(H,17,18,21). The molecule has 2 aromatic heterocycles. The first-order valence-electron chi connectivity index (χ1n) is 6.87. The molecule has 114 valence electrons. The van der Waals surface area contributed by atoms with Crippen molar-refractivity contribution < 1.29 is 5.11 Å². The molecule has 2 N–H and O–H groups in total. The van der Waals surface area contributed by atoms with Gasteiger partial charge in [-0.05, 0) is 19.1 Å². The van der Waals surface area contributed by atoms with Gasteiger partial charge in [0.2, 0.25) is 0 Å². The van der Waals surface area contributed by atoms with Crippen LogP contribution in [0.5, 0.6) is 0 Å². The van der Waals surface area contributed by atoms with Gasteiger partial charge in [-0.2, -0.15) is 0 Å². The average Bonchev–Trinajstić information content (AvgIpc) is 2.87. The van der Waals surface area contributed by atoms with Crippen LogP contribution in [0.1, 0.15) is 23.7 Å². The first-order chi connectivity index (χ1) is 10.6. The number of hydrogen-bond acceptors (Lipinski definition) is 5. The number of aromatic nitrogens is 4. The Morgan fingerprint density at radius 2 is 2.18 bits per heavy atom. The van der Waals surface area contributed by atoms with Crippen LogP contribution in [0.15, 0.2) is 40.4 Å². The van der Waals surface area contributed by atoms with Crippen molar-refractivity contribution in [1.82, 2.24) is 19.5 Å². The fraction of sp³-hybridized carbons (Fsp3) is 0.267. The zero-order valence-corrected chi connectivity index (χ0v) is 13.1. The summed E-state index contributed by atoms with van der Waals surface area (Å²) in [7, 11) is 1.85. The number of hydrogen-bond donors (Lipinski definition) is 2. The number of nitrogens with zero attached hydrogens (tertiary/aromatic N) is 3. The van der Waals surface area contributed by atoms with Gasteiger partial charge in [0.25, 0.3) is 5.56 Å². The number of aliphatic hydroxyl groups is 1. The molecule has 0 saturated carbocycles. The van der Waals surface area contributed by atoms with Crippen LogP contribution in [0.3, 0.4) is 0 Å². The fourth-order valence-electron chi connectivity index (χ4n) is 2.19. The van der Waals surface area contributed by atoms with Crippen LogP contribution in [-0.2, 0) is 13.7 Å². The quantitative estimate of drug-likeness (QED) is 0.719. The Labute approximate surface area is 131 Å². The second kappa shape index (κ2) is 5.94. The number of para-hydroxylation sites is 1. The maximum absolute atomic E-state index is 12.1. The summed E-state index contributed by atoms with van der Waals surface area (Å²) in [6, 6.07) is 7.27. The molecule has 0 aliphatic carbocycles. The fourth-order valence-corrected chi connectivity index (χ4v) is 3.12. The largest absolute Gasteiger partial charge is 0.390 e. The van der Waals surface area contributed by atoms with E-state index in [-0.39, 0.29) is 17.4 Å². The van der Waals surface area contributed by atoms with Gasteiger partial charge in [0.15, 0.2) is 5.16 Å². The Kier molecular flexibility index (Phi) is 4.00. The van der Waals surface area contributed by atoms with Gasteiger partial charge in [-0.1, -0.05) is 23.9 Å². The number of aliphatic hydroxyl groups excluding tert-OH is 1. The maximum atomic E-state index is 12.1. The van der Waals surface area contributed by atoms with E-state index in [1.807, 2.05) is 36.7 Å². The molecule has 0 spiro atoms. The van der Waals surface area contributed by atoms with Gasteiger partial charge < -0.3 is 14.7 Å². The van der Waals surface area contributed by atoms with Crippen molar-refractivity contribution >= 4 is 22.7 Å². The Balaban J connectivity index is 1.93. The molecule has 0 radical (unpaired) electrons. The molecule has 3 rings (SSSR count). The lowest BCUT2D eigenvalue weighted by atomic mass is 10.2. The number of H-pyrrole nitrogens is 1. The van der Waals surface area contributed by atoms with Gasteiger partial charge in [0.1, 0.15) is 5.82 Å². The van der Waals surface area contributed by atoms with Gasteiger partial charge in [-0.25, -0.2) is 9.97 Å². The Morgan fingerprint density at radius 1 is 1.41 bits per heavy atom. The van der Waals surface area contributed by atoms with E-state index in [0.29, 0.717) is 16.7 Å². The molecular formula is C15H16N4O2S. The summed E-state index contributed by atoms with van der Waals surface area (Å²) in [5.74, 6) is 0.613. The Bertz CT molecular complexity index is 871. The van der Waals surface area contributed by atoms with Crippen molar-refractivity contribution in [2.75, 3.05) is 0 Å². The van der Waals surface area contributed by atoms with Gasteiger partial charge in [0.05, 0.1) is 34.7 Å². The summed E-state index contributed by atoms with van der Waals surface area (Å²) in [6.45, 7) is 1.91. The number of fused-ring (bicyclic) bond motifs is 1. The third-order valence-corrected chi connectivity index (χ3v) is 4.67. The Morgan fingerprint density at radius 3 is 2.91 bits per heavy atom. The highest BCUT2D eigenvalue weighted by atomic mass is 32.2. The molecular weight excluding hydrogens is 300 g/mol. The highest BCUT2D eigenvalue weighted by Crippen LogP contribution is 2.32. The minimum absolute atomic E-state index is 0.0521. The molecule has 0 amide bonds. The SMILES string of the molecule is CC(Sc1ncc(CO)n1C)c1nc2ccccc2c(=O)[nH]1. The van der Waals surface area contributed by atoms with Crippen molar-refractivity contribution in [3.05, 3.63) is 52.3 Å². The molecule has 1 aromatic carbocycles. The smallest absolute Gasteiger partial charge is 0.258 e. The molecule has 3 aromatic rings. The van der Waals surface area contributed by atoms with Crippen LogP contribution < -0.4 is 5.56 Å². The summed E-state index contributed by atoms with van der Waals surface area (Å²) in [5, 5.41) is 10.5. The second-order valence-corrected chi connectivity index (χ2v) is 6.29. The van der Waals surface area contributed by atoms with Crippen LogP contribution >= 0.6 is 11.8 Å². The third kappa shape index (κ3) is 2.65. The Hall–Kier alpha value is -2.12. The number of thioether (sulfide) groups is 1. The second-order valence-electron chi connectivity index (χ2n) is 4.98. The third-order valence-electron chi connectivity index (χ3n) is 3.50. The molecule has 7 heteroatoms. The van der Waals surface area contributed by atoms with Crippen LogP contribution in [0.4, 0.5) is 0 Å². The van der Waals surface area contributed by atoms with Crippen LogP contribution in [-0.4, -0.2) is 24.6 Å². The van der Waals surface area contributed by atoms with E-state index in [2.05, 4.69) is 15.0 Å². The first-order valence-corrected chi connectivity index (χ1v) is 7.75. The summed E-state index contributed by atoms with van der Waals surface area (Å²) in [5.41, 5.74) is 1.29. The predicted molar refractivity (Wildman–Crippen MR) is 85.8 cm³/mol. The summed E-state index contributed by atoms with van der Waals surface area (Å²) in [4.78, 5) is 23.8.